The predicted molar refractivity (Wildman–Crippen MR) is 82.5 cm³/mol. The van der Waals surface area contributed by atoms with Crippen LogP contribution in [0.15, 0.2) is 47.4 Å². The van der Waals surface area contributed by atoms with Crippen molar-refractivity contribution < 1.29 is 17.7 Å². The first kappa shape index (κ1) is 16.6. The minimum atomic E-state index is -4.08. The molecule has 21 heavy (non-hydrogen) atoms. The standard InChI is InChI=1S/C7H10N2O.C6H7NO3S/c1-10-7-4-5(8)2-3-6(7)9;7-5-1-3-6(4-2-5)11(8,9)10/h2-4H,8-9H2,1H3;1-4H,7H2,(H,8,9,10). The molecule has 8 heteroatoms. The lowest BCUT2D eigenvalue weighted by Crippen LogP contribution is -1.97. The Labute approximate surface area is 123 Å². The number of nitrogen functional groups attached to an aromatic ring is 3. The van der Waals surface area contributed by atoms with Crippen LogP contribution in [0, 0.1) is 0 Å². The van der Waals surface area contributed by atoms with Gasteiger partial charge in [0.15, 0.2) is 0 Å². The van der Waals surface area contributed by atoms with Crippen LogP contribution in [0.2, 0.25) is 0 Å². The number of hydrogen-bond donors (Lipinski definition) is 4. The SMILES string of the molecule is COc1cc(N)ccc1N.Nc1ccc(S(=O)(=O)O)cc1. The smallest absolute Gasteiger partial charge is 0.294 e. The van der Waals surface area contributed by atoms with E-state index in [1.54, 1.807) is 25.3 Å². The fraction of sp³-hybridized carbons (Fsp3) is 0.0769. The summed E-state index contributed by atoms with van der Waals surface area (Å²) in [6.07, 6.45) is 0. The third-order valence-electron chi connectivity index (χ3n) is 2.44. The molecule has 0 atom stereocenters. The van der Waals surface area contributed by atoms with Crippen molar-refractivity contribution in [2.24, 2.45) is 0 Å². The van der Waals surface area contributed by atoms with Crippen LogP contribution in [0.5, 0.6) is 5.75 Å². The van der Waals surface area contributed by atoms with E-state index in [9.17, 15) is 8.42 Å². The highest BCUT2D eigenvalue weighted by Crippen LogP contribution is 2.22. The summed E-state index contributed by atoms with van der Waals surface area (Å²) in [5, 5.41) is 0. The summed E-state index contributed by atoms with van der Waals surface area (Å²) in [5.74, 6) is 0.625. The molecule has 0 aromatic heterocycles. The maximum Gasteiger partial charge on any atom is 0.294 e. The van der Waals surface area contributed by atoms with Crippen LogP contribution in [0.1, 0.15) is 0 Å². The van der Waals surface area contributed by atoms with Crippen LogP contribution in [0.4, 0.5) is 17.1 Å². The van der Waals surface area contributed by atoms with Gasteiger partial charge >= 0.3 is 0 Å². The van der Waals surface area contributed by atoms with E-state index >= 15 is 0 Å². The Morgan fingerprint density at radius 1 is 0.952 bits per heavy atom. The van der Waals surface area contributed by atoms with Gasteiger partial charge in [-0.1, -0.05) is 0 Å². The van der Waals surface area contributed by atoms with Gasteiger partial charge in [-0.3, -0.25) is 4.55 Å². The lowest BCUT2D eigenvalue weighted by molar-refractivity contribution is 0.417. The molecule has 0 unspecified atom stereocenters. The van der Waals surface area contributed by atoms with Gasteiger partial charge in [-0.25, -0.2) is 0 Å². The number of ether oxygens (including phenoxy) is 1. The Morgan fingerprint density at radius 3 is 1.90 bits per heavy atom. The van der Waals surface area contributed by atoms with Gasteiger partial charge in [0.25, 0.3) is 10.1 Å². The molecule has 0 fully saturated rings. The molecule has 0 radical (unpaired) electrons. The average Bonchev–Trinajstić information content (AvgIpc) is 2.41. The molecule has 0 aliphatic carbocycles. The summed E-state index contributed by atoms with van der Waals surface area (Å²) >= 11 is 0. The maximum absolute atomic E-state index is 10.5. The van der Waals surface area contributed by atoms with Crippen LogP contribution in [-0.4, -0.2) is 20.1 Å². The second kappa shape index (κ2) is 6.82. The zero-order valence-corrected chi connectivity index (χ0v) is 12.2. The second-order valence-electron chi connectivity index (χ2n) is 4.05. The Bertz CT molecular complexity index is 700. The molecule has 0 heterocycles. The van der Waals surface area contributed by atoms with Crippen LogP contribution in [0.25, 0.3) is 0 Å². The molecule has 0 saturated heterocycles. The van der Waals surface area contributed by atoms with Crippen molar-refractivity contribution >= 4 is 27.2 Å². The van der Waals surface area contributed by atoms with Crippen molar-refractivity contribution in [3.8, 4) is 5.75 Å². The number of nitrogens with two attached hydrogens (primary N) is 3. The van der Waals surface area contributed by atoms with Crippen molar-refractivity contribution in [1.29, 1.82) is 0 Å². The quantitative estimate of drug-likeness (QED) is 0.484. The number of rotatable bonds is 2. The van der Waals surface area contributed by atoms with E-state index in [-0.39, 0.29) is 4.90 Å². The zero-order chi connectivity index (χ0) is 16.0. The molecule has 2 aromatic rings. The number of benzene rings is 2. The Morgan fingerprint density at radius 2 is 1.48 bits per heavy atom. The van der Waals surface area contributed by atoms with Gasteiger partial charge in [-0.2, -0.15) is 8.42 Å². The Balaban J connectivity index is 0.000000211. The predicted octanol–water partition coefficient (Wildman–Crippen LogP) is 1.38. The van der Waals surface area contributed by atoms with Crippen LogP contribution < -0.4 is 21.9 Å². The average molecular weight is 311 g/mol. The van der Waals surface area contributed by atoms with Gasteiger partial charge in [0, 0.05) is 17.4 Å². The minimum absolute atomic E-state index is 0.147. The van der Waals surface area contributed by atoms with Crippen LogP contribution in [-0.2, 0) is 10.1 Å². The third kappa shape index (κ3) is 5.21. The molecule has 7 nitrogen and oxygen atoms in total. The van der Waals surface area contributed by atoms with Gasteiger partial charge in [0.05, 0.1) is 17.7 Å². The van der Waals surface area contributed by atoms with E-state index < -0.39 is 10.1 Å². The molecule has 0 aliphatic heterocycles. The fourth-order valence-electron chi connectivity index (χ4n) is 1.37. The number of anilines is 3. The highest BCUT2D eigenvalue weighted by atomic mass is 32.2. The lowest BCUT2D eigenvalue weighted by Gasteiger charge is -2.03. The third-order valence-corrected chi connectivity index (χ3v) is 3.30. The van der Waals surface area contributed by atoms with E-state index in [4.69, 9.17) is 26.5 Å². The molecule has 2 aromatic carbocycles. The van der Waals surface area contributed by atoms with E-state index in [1.807, 2.05) is 0 Å². The fourth-order valence-corrected chi connectivity index (χ4v) is 1.85. The Hall–Kier alpha value is -2.45. The van der Waals surface area contributed by atoms with Crippen LogP contribution >= 0.6 is 0 Å². The van der Waals surface area contributed by atoms with E-state index in [1.165, 1.54) is 24.3 Å². The summed E-state index contributed by atoms with van der Waals surface area (Å²) in [5.41, 5.74) is 18.0. The highest BCUT2D eigenvalue weighted by molar-refractivity contribution is 7.85. The molecule has 0 bridgehead atoms. The summed E-state index contributed by atoms with van der Waals surface area (Å²) in [6, 6.07) is 10.4. The van der Waals surface area contributed by atoms with Crippen molar-refractivity contribution in [3.05, 3.63) is 42.5 Å². The van der Waals surface area contributed by atoms with E-state index in [0.717, 1.165) is 0 Å². The molecule has 0 amide bonds. The first-order valence-corrected chi connectivity index (χ1v) is 7.20. The van der Waals surface area contributed by atoms with Crippen molar-refractivity contribution in [3.63, 3.8) is 0 Å². The molecule has 114 valence electrons. The number of hydrogen-bond acceptors (Lipinski definition) is 6. The van der Waals surface area contributed by atoms with Crippen molar-refractivity contribution in [2.45, 2.75) is 4.90 Å². The minimum Gasteiger partial charge on any atom is -0.495 e. The topological polar surface area (TPSA) is 142 Å². The molecule has 7 N–H and O–H groups in total. The van der Waals surface area contributed by atoms with Gasteiger partial charge in [-0.15, -0.1) is 0 Å². The molecular formula is C13H17N3O4S. The van der Waals surface area contributed by atoms with E-state index in [0.29, 0.717) is 22.8 Å². The summed E-state index contributed by atoms with van der Waals surface area (Å²) in [7, 11) is -2.51. The first-order chi connectivity index (χ1) is 9.74. The van der Waals surface area contributed by atoms with Crippen LogP contribution in [0.3, 0.4) is 0 Å². The maximum atomic E-state index is 10.5. The number of methoxy groups -OCH3 is 1. The molecule has 0 saturated carbocycles. The summed E-state index contributed by atoms with van der Waals surface area (Å²) in [6.45, 7) is 0. The normalized spacial score (nSPS) is 10.4. The second-order valence-corrected chi connectivity index (χ2v) is 5.47. The molecule has 2 rings (SSSR count). The van der Waals surface area contributed by atoms with Gasteiger partial charge in [-0.05, 0) is 36.4 Å². The monoisotopic (exact) mass is 311 g/mol. The van der Waals surface area contributed by atoms with Crippen molar-refractivity contribution in [1.82, 2.24) is 0 Å². The lowest BCUT2D eigenvalue weighted by atomic mass is 10.3. The van der Waals surface area contributed by atoms with Gasteiger partial charge < -0.3 is 21.9 Å². The van der Waals surface area contributed by atoms with Crippen molar-refractivity contribution in [2.75, 3.05) is 24.3 Å². The summed E-state index contributed by atoms with van der Waals surface area (Å²) in [4.78, 5) is -0.147. The zero-order valence-electron chi connectivity index (χ0n) is 11.4. The molecule has 0 spiro atoms. The highest BCUT2D eigenvalue weighted by Gasteiger charge is 2.06. The Kier molecular flexibility index (Phi) is 5.39. The van der Waals surface area contributed by atoms with E-state index in [2.05, 4.69) is 0 Å². The largest absolute Gasteiger partial charge is 0.495 e. The first-order valence-electron chi connectivity index (χ1n) is 5.76. The van der Waals surface area contributed by atoms with Gasteiger partial charge in [0.1, 0.15) is 5.75 Å². The summed E-state index contributed by atoms with van der Waals surface area (Å²) < 4.78 is 34.3. The molecular weight excluding hydrogens is 294 g/mol. The molecule has 0 aliphatic rings. The van der Waals surface area contributed by atoms with Gasteiger partial charge in [0.2, 0.25) is 0 Å².